The number of aryl methyl sites for hydroxylation is 2. The molecule has 6 heteroatoms. The number of carbonyl (C=O) groups is 1. The zero-order chi connectivity index (χ0) is 19.2. The van der Waals surface area contributed by atoms with E-state index in [1.165, 1.54) is 18.9 Å². The maximum atomic E-state index is 12.5. The molecular formula is C21H27ClN4O. The number of aromatic nitrogens is 2. The molecule has 0 spiro atoms. The Bertz CT molecular complexity index is 822. The smallest absolute Gasteiger partial charge is 0.248 e. The molecule has 0 aliphatic carbocycles. The Morgan fingerprint density at radius 3 is 2.78 bits per heavy atom. The molecule has 0 radical (unpaired) electrons. The number of para-hydroxylation sites is 2. The highest BCUT2D eigenvalue weighted by Gasteiger charge is 2.16. The van der Waals surface area contributed by atoms with E-state index in [0.29, 0.717) is 5.15 Å². The molecule has 0 atom stereocenters. The van der Waals surface area contributed by atoms with Crippen molar-refractivity contribution in [2.75, 3.05) is 23.3 Å². The van der Waals surface area contributed by atoms with Crippen molar-refractivity contribution in [3.63, 3.8) is 0 Å². The number of unbranched alkanes of at least 4 members (excludes halogenated alkanes) is 1. The molecule has 0 bridgehead atoms. The molecule has 1 aromatic heterocycles. The van der Waals surface area contributed by atoms with Gasteiger partial charge < -0.3 is 10.2 Å². The van der Waals surface area contributed by atoms with Crippen LogP contribution < -0.4 is 10.2 Å². The number of hydrogen-bond donors (Lipinski definition) is 1. The molecule has 0 saturated carbocycles. The van der Waals surface area contributed by atoms with Gasteiger partial charge in [0.05, 0.1) is 17.1 Å². The quantitative estimate of drug-likeness (QED) is 0.688. The largest absolute Gasteiger partial charge is 0.370 e. The van der Waals surface area contributed by atoms with Crippen molar-refractivity contribution in [3.05, 3.63) is 46.8 Å². The fourth-order valence-corrected chi connectivity index (χ4v) is 3.68. The van der Waals surface area contributed by atoms with Gasteiger partial charge in [-0.25, -0.2) is 0 Å². The first kappa shape index (κ1) is 19.5. The van der Waals surface area contributed by atoms with Crippen LogP contribution in [0.15, 0.2) is 30.3 Å². The lowest BCUT2D eigenvalue weighted by Gasteiger charge is -2.21. The zero-order valence-corrected chi connectivity index (χ0v) is 16.8. The lowest BCUT2D eigenvalue weighted by molar-refractivity contribution is -0.111. The Balaban J connectivity index is 1.71. The van der Waals surface area contributed by atoms with Gasteiger partial charge in [-0.1, -0.05) is 37.1 Å². The molecule has 144 valence electrons. The van der Waals surface area contributed by atoms with Crippen LogP contribution in [0.4, 0.5) is 11.4 Å². The third-order valence-corrected chi connectivity index (χ3v) is 5.24. The molecule has 1 aromatic carbocycles. The second kappa shape index (κ2) is 9.09. The van der Waals surface area contributed by atoms with Crippen molar-refractivity contribution < 1.29 is 4.79 Å². The summed E-state index contributed by atoms with van der Waals surface area (Å²) >= 11 is 6.43. The van der Waals surface area contributed by atoms with E-state index in [4.69, 9.17) is 11.6 Å². The topological polar surface area (TPSA) is 50.2 Å². The molecule has 2 aromatic rings. The van der Waals surface area contributed by atoms with Crippen LogP contribution in [-0.2, 0) is 11.3 Å². The van der Waals surface area contributed by atoms with Crippen LogP contribution in [0.25, 0.3) is 6.08 Å². The van der Waals surface area contributed by atoms with Crippen molar-refractivity contribution in [3.8, 4) is 0 Å². The van der Waals surface area contributed by atoms with Gasteiger partial charge in [0.2, 0.25) is 5.91 Å². The van der Waals surface area contributed by atoms with E-state index >= 15 is 0 Å². The van der Waals surface area contributed by atoms with Gasteiger partial charge in [0.1, 0.15) is 5.15 Å². The van der Waals surface area contributed by atoms with Crippen LogP contribution in [0.3, 0.4) is 0 Å². The third kappa shape index (κ3) is 4.72. The number of amides is 1. The van der Waals surface area contributed by atoms with Crippen molar-refractivity contribution in [2.45, 2.75) is 46.1 Å². The highest BCUT2D eigenvalue weighted by atomic mass is 35.5. The van der Waals surface area contributed by atoms with Crippen LogP contribution in [-0.4, -0.2) is 28.8 Å². The molecule has 27 heavy (non-hydrogen) atoms. The first-order valence-corrected chi connectivity index (χ1v) is 10.0. The monoisotopic (exact) mass is 386 g/mol. The summed E-state index contributed by atoms with van der Waals surface area (Å²) < 4.78 is 1.81. The number of rotatable bonds is 7. The molecule has 1 fully saturated rings. The van der Waals surface area contributed by atoms with Crippen molar-refractivity contribution in [1.29, 1.82) is 0 Å². The summed E-state index contributed by atoms with van der Waals surface area (Å²) in [6.07, 6.45) is 7.78. The van der Waals surface area contributed by atoms with Crippen LogP contribution in [0.1, 0.15) is 43.9 Å². The maximum Gasteiger partial charge on any atom is 0.248 e. The molecule has 1 saturated heterocycles. The Labute approximate surface area is 166 Å². The van der Waals surface area contributed by atoms with Crippen molar-refractivity contribution >= 4 is 35.0 Å². The van der Waals surface area contributed by atoms with Gasteiger partial charge >= 0.3 is 0 Å². The fraction of sp³-hybridized carbons (Fsp3) is 0.429. The highest BCUT2D eigenvalue weighted by molar-refractivity contribution is 6.31. The number of hydrogen-bond acceptors (Lipinski definition) is 3. The fourth-order valence-electron chi connectivity index (χ4n) is 3.36. The van der Waals surface area contributed by atoms with E-state index in [9.17, 15) is 4.79 Å². The maximum absolute atomic E-state index is 12.5. The summed E-state index contributed by atoms with van der Waals surface area (Å²) in [6, 6.07) is 7.95. The predicted octanol–water partition coefficient (Wildman–Crippen LogP) is 4.90. The molecule has 2 heterocycles. The number of benzene rings is 1. The first-order valence-electron chi connectivity index (χ1n) is 9.66. The van der Waals surface area contributed by atoms with Crippen LogP contribution in [0.5, 0.6) is 0 Å². The number of halogens is 1. The Kier molecular flexibility index (Phi) is 6.56. The minimum Gasteiger partial charge on any atom is -0.370 e. The van der Waals surface area contributed by atoms with E-state index in [0.717, 1.165) is 55.1 Å². The van der Waals surface area contributed by atoms with E-state index in [1.54, 1.807) is 10.8 Å². The van der Waals surface area contributed by atoms with Gasteiger partial charge in [-0.2, -0.15) is 5.10 Å². The summed E-state index contributed by atoms with van der Waals surface area (Å²) in [5, 5.41) is 8.06. The summed E-state index contributed by atoms with van der Waals surface area (Å²) in [6.45, 7) is 6.91. The lowest BCUT2D eigenvalue weighted by atomic mass is 10.2. The summed E-state index contributed by atoms with van der Waals surface area (Å²) in [7, 11) is 0. The van der Waals surface area contributed by atoms with Gasteiger partial charge in [-0.15, -0.1) is 0 Å². The average molecular weight is 387 g/mol. The molecule has 1 amide bonds. The number of carbonyl (C=O) groups excluding carboxylic acids is 1. The standard InChI is InChI=1S/C21H27ClN4O/c1-3-4-15-26-21(22)17(16(2)24-26)11-12-20(27)23-18-9-5-6-10-19(18)25-13-7-8-14-25/h5-6,9-12H,3-4,7-8,13-15H2,1-2H3,(H,23,27)/b12-11+. The number of nitrogens with one attached hydrogen (secondary N) is 1. The third-order valence-electron chi connectivity index (χ3n) is 4.84. The second-order valence-electron chi connectivity index (χ2n) is 6.90. The molecule has 1 N–H and O–H groups in total. The van der Waals surface area contributed by atoms with Crippen LogP contribution in [0, 0.1) is 6.92 Å². The molecule has 0 unspecified atom stereocenters. The van der Waals surface area contributed by atoms with Gasteiger partial charge in [-0.3, -0.25) is 9.48 Å². The summed E-state index contributed by atoms with van der Waals surface area (Å²) in [5.41, 5.74) is 3.56. The highest BCUT2D eigenvalue weighted by Crippen LogP contribution is 2.28. The number of anilines is 2. The van der Waals surface area contributed by atoms with Crippen LogP contribution >= 0.6 is 11.6 Å². The SMILES string of the molecule is CCCCn1nc(C)c(/C=C/C(=O)Nc2ccccc2N2CCCC2)c1Cl. The molecule has 5 nitrogen and oxygen atoms in total. The number of nitrogens with zero attached hydrogens (tertiary/aromatic N) is 3. The first-order chi connectivity index (χ1) is 13.1. The van der Waals surface area contributed by atoms with Gasteiger partial charge in [-0.05, 0) is 44.4 Å². The van der Waals surface area contributed by atoms with Crippen molar-refractivity contribution in [1.82, 2.24) is 9.78 Å². The Morgan fingerprint density at radius 2 is 2.04 bits per heavy atom. The zero-order valence-electron chi connectivity index (χ0n) is 16.0. The van der Waals surface area contributed by atoms with Gasteiger partial charge in [0, 0.05) is 31.3 Å². The average Bonchev–Trinajstić information content (AvgIpc) is 3.28. The van der Waals surface area contributed by atoms with Crippen molar-refractivity contribution in [2.24, 2.45) is 0 Å². The summed E-state index contributed by atoms with van der Waals surface area (Å²) in [5.74, 6) is -0.168. The molecule has 1 aliphatic rings. The van der Waals surface area contributed by atoms with Crippen LogP contribution in [0.2, 0.25) is 5.15 Å². The van der Waals surface area contributed by atoms with E-state index in [2.05, 4.69) is 28.3 Å². The summed E-state index contributed by atoms with van der Waals surface area (Å²) in [4.78, 5) is 14.8. The van der Waals surface area contributed by atoms with Gasteiger partial charge in [0.15, 0.2) is 0 Å². The Morgan fingerprint density at radius 1 is 1.30 bits per heavy atom. The molecule has 3 rings (SSSR count). The molecule has 1 aliphatic heterocycles. The second-order valence-corrected chi connectivity index (χ2v) is 7.26. The minimum absolute atomic E-state index is 0.168. The van der Waals surface area contributed by atoms with E-state index < -0.39 is 0 Å². The normalized spacial score (nSPS) is 14.3. The minimum atomic E-state index is -0.168. The Hall–Kier alpha value is -2.27. The van der Waals surface area contributed by atoms with E-state index in [-0.39, 0.29) is 5.91 Å². The van der Waals surface area contributed by atoms with Gasteiger partial charge in [0.25, 0.3) is 0 Å². The predicted molar refractivity (Wildman–Crippen MR) is 112 cm³/mol. The van der Waals surface area contributed by atoms with E-state index in [1.807, 2.05) is 25.1 Å². The molecular weight excluding hydrogens is 360 g/mol. The lowest BCUT2D eigenvalue weighted by Crippen LogP contribution is -2.20.